The van der Waals surface area contributed by atoms with E-state index < -0.39 is 0 Å². The van der Waals surface area contributed by atoms with Crippen molar-refractivity contribution in [2.45, 2.75) is 26.3 Å². The van der Waals surface area contributed by atoms with Crippen molar-refractivity contribution in [3.63, 3.8) is 0 Å². The van der Waals surface area contributed by atoms with Crippen molar-refractivity contribution in [3.8, 4) is 5.75 Å². The summed E-state index contributed by atoms with van der Waals surface area (Å²) in [5, 5.41) is 7.21. The molecular formula is C21H30N3OS+. The first-order valence-electron chi connectivity index (χ1n) is 9.20. The number of aryl methyl sites for hydroxylation is 1. The summed E-state index contributed by atoms with van der Waals surface area (Å²) in [5.41, 5.74) is 3.63. The van der Waals surface area contributed by atoms with Gasteiger partial charge in [0.15, 0.2) is 5.11 Å². The van der Waals surface area contributed by atoms with E-state index in [0.29, 0.717) is 17.8 Å². The largest absolute Gasteiger partial charge is 0.494 e. The van der Waals surface area contributed by atoms with E-state index in [1.165, 1.54) is 16.0 Å². The lowest BCUT2D eigenvalue weighted by atomic mass is 10.0. The Kier molecular flexibility index (Phi) is 7.88. The Morgan fingerprint density at radius 1 is 1.04 bits per heavy atom. The lowest BCUT2D eigenvalue weighted by Gasteiger charge is -2.23. The van der Waals surface area contributed by atoms with E-state index in [4.69, 9.17) is 17.0 Å². The first-order chi connectivity index (χ1) is 12.5. The Bertz CT molecular complexity index is 683. The van der Waals surface area contributed by atoms with Crippen molar-refractivity contribution >= 4 is 23.0 Å². The van der Waals surface area contributed by atoms with Gasteiger partial charge in [0.25, 0.3) is 0 Å². The molecular weight excluding hydrogens is 342 g/mol. The monoisotopic (exact) mass is 372 g/mol. The molecule has 2 aromatic carbocycles. The zero-order chi connectivity index (χ0) is 18.9. The molecule has 140 valence electrons. The highest BCUT2D eigenvalue weighted by Crippen LogP contribution is 2.16. The van der Waals surface area contributed by atoms with Crippen molar-refractivity contribution in [1.82, 2.24) is 5.32 Å². The fourth-order valence-electron chi connectivity index (χ4n) is 2.81. The molecule has 0 saturated carbocycles. The molecule has 5 heteroatoms. The Labute approximate surface area is 162 Å². The average Bonchev–Trinajstić information content (AvgIpc) is 2.64. The number of hydrogen-bond acceptors (Lipinski definition) is 2. The molecule has 0 amide bonds. The van der Waals surface area contributed by atoms with Crippen LogP contribution in [0.2, 0.25) is 0 Å². The van der Waals surface area contributed by atoms with E-state index in [9.17, 15) is 0 Å². The average molecular weight is 373 g/mol. The lowest BCUT2D eigenvalue weighted by molar-refractivity contribution is -0.890. The first-order valence-corrected chi connectivity index (χ1v) is 9.60. The van der Waals surface area contributed by atoms with Crippen molar-refractivity contribution in [1.29, 1.82) is 0 Å². The summed E-state index contributed by atoms with van der Waals surface area (Å²) in [5.74, 6) is 0.865. The SMILES string of the molecule is CCOc1ccc(NC(=S)NC[C@@H](c2ccc(CC)cc2)[NH+](C)C)cc1. The van der Waals surface area contributed by atoms with Gasteiger partial charge in [-0.1, -0.05) is 31.2 Å². The maximum absolute atomic E-state index is 5.46. The van der Waals surface area contributed by atoms with Gasteiger partial charge in [-0.05, 0) is 55.4 Å². The molecule has 2 rings (SSSR count). The molecule has 1 atom stereocenters. The normalized spacial score (nSPS) is 11.9. The molecule has 2 aromatic rings. The minimum Gasteiger partial charge on any atom is -0.494 e. The van der Waals surface area contributed by atoms with Crippen LogP contribution in [0.5, 0.6) is 5.75 Å². The van der Waals surface area contributed by atoms with Crippen LogP contribution in [0, 0.1) is 0 Å². The summed E-state index contributed by atoms with van der Waals surface area (Å²) in [6, 6.07) is 17.0. The zero-order valence-electron chi connectivity index (χ0n) is 16.1. The van der Waals surface area contributed by atoms with Crippen LogP contribution >= 0.6 is 12.2 Å². The van der Waals surface area contributed by atoms with E-state index >= 15 is 0 Å². The van der Waals surface area contributed by atoms with E-state index in [0.717, 1.165) is 24.4 Å². The predicted octanol–water partition coefficient (Wildman–Crippen LogP) is 2.82. The van der Waals surface area contributed by atoms with Gasteiger partial charge in [-0.25, -0.2) is 0 Å². The van der Waals surface area contributed by atoms with Crippen LogP contribution < -0.4 is 20.3 Å². The second-order valence-electron chi connectivity index (χ2n) is 6.52. The standard InChI is InChI=1S/C21H29N3OS/c1-5-16-7-9-17(10-8-16)20(24(3)4)15-22-21(26)23-18-11-13-19(14-12-18)25-6-2/h7-14,20H,5-6,15H2,1-4H3,(H2,22,23,26)/p+1/t20-/m0/s1. The number of quaternary nitrogens is 1. The fraction of sp³-hybridized carbons (Fsp3) is 0.381. The smallest absolute Gasteiger partial charge is 0.171 e. The van der Waals surface area contributed by atoms with Crippen LogP contribution in [0.25, 0.3) is 0 Å². The molecule has 0 fully saturated rings. The number of likely N-dealkylation sites (N-methyl/N-ethyl adjacent to an activating group) is 1. The van der Waals surface area contributed by atoms with Crippen LogP contribution in [0.4, 0.5) is 5.69 Å². The van der Waals surface area contributed by atoms with Crippen LogP contribution in [0.3, 0.4) is 0 Å². The fourth-order valence-corrected chi connectivity index (χ4v) is 3.01. The molecule has 0 radical (unpaired) electrons. The van der Waals surface area contributed by atoms with E-state index in [1.54, 1.807) is 0 Å². The van der Waals surface area contributed by atoms with Crippen LogP contribution in [0.15, 0.2) is 48.5 Å². The van der Waals surface area contributed by atoms with Gasteiger partial charge in [-0.2, -0.15) is 0 Å². The molecule has 0 aliphatic heterocycles. The number of anilines is 1. The molecule has 0 spiro atoms. The Morgan fingerprint density at radius 3 is 2.23 bits per heavy atom. The summed E-state index contributed by atoms with van der Waals surface area (Å²) >= 11 is 5.45. The topological polar surface area (TPSA) is 37.7 Å². The number of hydrogen-bond donors (Lipinski definition) is 3. The maximum Gasteiger partial charge on any atom is 0.171 e. The third-order valence-electron chi connectivity index (χ3n) is 4.38. The molecule has 26 heavy (non-hydrogen) atoms. The van der Waals surface area contributed by atoms with Gasteiger partial charge in [0.05, 0.1) is 27.2 Å². The number of ether oxygens (including phenoxy) is 1. The van der Waals surface area contributed by atoms with Crippen LogP contribution in [-0.2, 0) is 6.42 Å². The molecule has 0 aliphatic carbocycles. The van der Waals surface area contributed by atoms with Crippen molar-refractivity contribution in [3.05, 3.63) is 59.7 Å². The summed E-state index contributed by atoms with van der Waals surface area (Å²) < 4.78 is 5.46. The molecule has 0 bridgehead atoms. The molecule has 0 aromatic heterocycles. The van der Waals surface area contributed by atoms with E-state index in [1.807, 2.05) is 31.2 Å². The summed E-state index contributed by atoms with van der Waals surface area (Å²) in [7, 11) is 4.34. The quantitative estimate of drug-likeness (QED) is 0.623. The van der Waals surface area contributed by atoms with Gasteiger partial charge < -0.3 is 20.3 Å². The highest BCUT2D eigenvalue weighted by Gasteiger charge is 2.18. The molecule has 0 aliphatic rings. The van der Waals surface area contributed by atoms with Crippen molar-refractivity contribution < 1.29 is 9.64 Å². The van der Waals surface area contributed by atoms with Gasteiger partial charge in [0.2, 0.25) is 0 Å². The number of benzene rings is 2. The predicted molar refractivity (Wildman–Crippen MR) is 113 cm³/mol. The number of rotatable bonds is 8. The van der Waals surface area contributed by atoms with Crippen molar-refractivity contribution in [2.75, 3.05) is 32.6 Å². The third kappa shape index (κ3) is 6.00. The maximum atomic E-state index is 5.46. The van der Waals surface area contributed by atoms with E-state index in [2.05, 4.69) is 55.9 Å². The first kappa shape index (κ1) is 20.2. The zero-order valence-corrected chi connectivity index (χ0v) is 17.0. The Balaban J connectivity index is 1.92. The third-order valence-corrected chi connectivity index (χ3v) is 4.62. The minimum atomic E-state index is 0.334. The molecule has 0 saturated heterocycles. The summed E-state index contributed by atoms with van der Waals surface area (Å²) in [6.07, 6.45) is 1.06. The number of thiocarbonyl (C=S) groups is 1. The number of nitrogens with one attached hydrogen (secondary N) is 3. The second-order valence-corrected chi connectivity index (χ2v) is 6.93. The Hall–Kier alpha value is -2.11. The molecule has 4 nitrogen and oxygen atoms in total. The van der Waals surface area contributed by atoms with E-state index in [-0.39, 0.29) is 0 Å². The second kappa shape index (κ2) is 10.1. The minimum absolute atomic E-state index is 0.334. The van der Waals surface area contributed by atoms with Crippen LogP contribution in [-0.4, -0.2) is 32.4 Å². The van der Waals surface area contributed by atoms with Gasteiger partial charge in [0.1, 0.15) is 11.8 Å². The summed E-state index contributed by atoms with van der Waals surface area (Å²) in [6.45, 7) is 5.59. The highest BCUT2D eigenvalue weighted by atomic mass is 32.1. The van der Waals surface area contributed by atoms with Gasteiger partial charge in [0, 0.05) is 11.3 Å². The molecule has 3 N–H and O–H groups in total. The molecule has 0 unspecified atom stereocenters. The van der Waals surface area contributed by atoms with Gasteiger partial charge in [-0.3, -0.25) is 0 Å². The summed E-state index contributed by atoms with van der Waals surface area (Å²) in [4.78, 5) is 1.37. The Morgan fingerprint density at radius 2 is 1.69 bits per heavy atom. The lowest BCUT2D eigenvalue weighted by Crippen LogP contribution is -3.07. The van der Waals surface area contributed by atoms with Crippen LogP contribution in [0.1, 0.15) is 31.0 Å². The van der Waals surface area contributed by atoms with Crippen molar-refractivity contribution in [2.24, 2.45) is 0 Å². The highest BCUT2D eigenvalue weighted by molar-refractivity contribution is 7.80. The van der Waals surface area contributed by atoms with Gasteiger partial charge in [-0.15, -0.1) is 0 Å². The molecule has 0 heterocycles. The van der Waals surface area contributed by atoms with Gasteiger partial charge >= 0.3 is 0 Å².